The van der Waals surface area contributed by atoms with Gasteiger partial charge in [-0.1, -0.05) is 6.42 Å². The molecule has 1 heterocycles. The van der Waals surface area contributed by atoms with Crippen molar-refractivity contribution in [1.29, 1.82) is 0 Å². The second kappa shape index (κ2) is 4.78. The highest BCUT2D eigenvalue weighted by Crippen LogP contribution is 2.27. The molecule has 1 saturated heterocycles. The van der Waals surface area contributed by atoms with Gasteiger partial charge in [-0.25, -0.2) is 0 Å². The predicted octanol–water partition coefficient (Wildman–Crippen LogP) is 1.68. The van der Waals surface area contributed by atoms with Crippen molar-refractivity contribution < 1.29 is 18.1 Å². The van der Waals surface area contributed by atoms with Crippen molar-refractivity contribution in [1.82, 2.24) is 4.90 Å². The van der Waals surface area contributed by atoms with Gasteiger partial charge in [0, 0.05) is 4.92 Å². The van der Waals surface area contributed by atoms with E-state index in [0.29, 0.717) is 25.9 Å². The summed E-state index contributed by atoms with van der Waals surface area (Å²) in [5, 5.41) is 10.2. The molecule has 1 aliphatic rings. The van der Waals surface area contributed by atoms with E-state index in [1.54, 1.807) is 0 Å². The van der Waals surface area contributed by atoms with Gasteiger partial charge >= 0.3 is 6.18 Å². The number of nitro groups is 1. The van der Waals surface area contributed by atoms with Gasteiger partial charge in [0.1, 0.15) is 0 Å². The molecule has 0 aromatic rings. The molecule has 1 atom stereocenters. The van der Waals surface area contributed by atoms with Crippen molar-refractivity contribution in [3.05, 3.63) is 10.1 Å². The van der Waals surface area contributed by atoms with Crippen LogP contribution in [0.15, 0.2) is 0 Å². The van der Waals surface area contributed by atoms with E-state index < -0.39 is 23.7 Å². The summed E-state index contributed by atoms with van der Waals surface area (Å²) < 4.78 is 37.6. The number of hydrogen-bond donors (Lipinski definition) is 0. The second-order valence-corrected chi connectivity index (χ2v) is 3.67. The fourth-order valence-corrected chi connectivity index (χ4v) is 1.80. The molecule has 7 heteroatoms. The number of hydrogen-bond acceptors (Lipinski definition) is 3. The zero-order chi connectivity index (χ0) is 11.5. The smallest absolute Gasteiger partial charge is 0.287 e. The van der Waals surface area contributed by atoms with Crippen molar-refractivity contribution >= 4 is 0 Å². The third kappa shape index (κ3) is 3.65. The fraction of sp³-hybridized carbons (Fsp3) is 1.00. The number of alkyl halides is 3. The predicted molar refractivity (Wildman–Crippen MR) is 47.1 cm³/mol. The third-order valence-corrected chi connectivity index (χ3v) is 2.53. The van der Waals surface area contributed by atoms with Crippen LogP contribution < -0.4 is 0 Å². The highest BCUT2D eigenvalue weighted by molar-refractivity contribution is 4.80. The number of piperidine rings is 1. The first-order valence-corrected chi connectivity index (χ1v) is 4.84. The Morgan fingerprint density at radius 3 is 2.20 bits per heavy atom. The Morgan fingerprint density at radius 2 is 1.80 bits per heavy atom. The third-order valence-electron chi connectivity index (χ3n) is 2.53. The van der Waals surface area contributed by atoms with Crippen LogP contribution in [0.3, 0.4) is 0 Å². The van der Waals surface area contributed by atoms with Gasteiger partial charge in [0.25, 0.3) is 0 Å². The van der Waals surface area contributed by atoms with Crippen LogP contribution in [0.1, 0.15) is 19.3 Å². The molecule has 88 valence electrons. The van der Waals surface area contributed by atoms with Crippen LogP contribution in [0.2, 0.25) is 0 Å². The molecule has 0 aromatic carbocycles. The summed E-state index contributed by atoms with van der Waals surface area (Å²) >= 11 is 0. The van der Waals surface area contributed by atoms with Crippen LogP contribution in [0.4, 0.5) is 13.2 Å². The molecule has 0 bridgehead atoms. The average Bonchev–Trinajstić information content (AvgIpc) is 2.14. The Balaban J connectivity index is 2.66. The van der Waals surface area contributed by atoms with E-state index in [9.17, 15) is 23.3 Å². The highest BCUT2D eigenvalue weighted by atomic mass is 19.4. The van der Waals surface area contributed by atoms with Gasteiger partial charge in [-0.15, -0.1) is 0 Å². The summed E-state index contributed by atoms with van der Waals surface area (Å²) in [5.74, 6) is 0. The quantitative estimate of drug-likeness (QED) is 0.543. The molecule has 0 spiro atoms. The van der Waals surface area contributed by atoms with E-state index in [2.05, 4.69) is 0 Å². The number of rotatable bonds is 3. The van der Waals surface area contributed by atoms with Crippen LogP contribution in [0, 0.1) is 10.1 Å². The van der Waals surface area contributed by atoms with E-state index in [0.717, 1.165) is 6.42 Å². The van der Waals surface area contributed by atoms with Crippen molar-refractivity contribution in [2.24, 2.45) is 0 Å². The lowest BCUT2D eigenvalue weighted by Crippen LogP contribution is -2.51. The van der Waals surface area contributed by atoms with Gasteiger partial charge in [0.15, 0.2) is 6.04 Å². The van der Waals surface area contributed by atoms with Gasteiger partial charge < -0.3 is 0 Å². The molecule has 1 fully saturated rings. The Kier molecular flexibility index (Phi) is 3.90. The summed E-state index contributed by atoms with van der Waals surface area (Å²) in [4.78, 5) is 10.5. The molecule has 4 nitrogen and oxygen atoms in total. The first-order valence-electron chi connectivity index (χ1n) is 4.84. The Morgan fingerprint density at radius 1 is 1.27 bits per heavy atom. The molecule has 0 radical (unpaired) electrons. The van der Waals surface area contributed by atoms with Crippen LogP contribution in [0.5, 0.6) is 0 Å². The second-order valence-electron chi connectivity index (χ2n) is 3.67. The van der Waals surface area contributed by atoms with Crippen LogP contribution in [-0.4, -0.2) is 41.7 Å². The Hall–Kier alpha value is -0.850. The minimum Gasteiger partial charge on any atom is -0.287 e. The molecule has 0 N–H and O–H groups in total. The van der Waals surface area contributed by atoms with Crippen molar-refractivity contribution in [2.75, 3.05) is 19.6 Å². The van der Waals surface area contributed by atoms with Gasteiger partial charge in [-0.2, -0.15) is 13.2 Å². The van der Waals surface area contributed by atoms with E-state index >= 15 is 0 Å². The molecule has 1 aliphatic heterocycles. The first kappa shape index (κ1) is 12.2. The van der Waals surface area contributed by atoms with E-state index in [1.165, 1.54) is 4.90 Å². The SMILES string of the molecule is O=[N+]([O-])CC(N1CCCCC1)C(F)(F)F. The summed E-state index contributed by atoms with van der Waals surface area (Å²) in [7, 11) is 0. The van der Waals surface area contributed by atoms with Crippen LogP contribution >= 0.6 is 0 Å². The maximum absolute atomic E-state index is 12.5. The minimum atomic E-state index is -4.51. The average molecular weight is 226 g/mol. The largest absolute Gasteiger partial charge is 0.410 e. The summed E-state index contributed by atoms with van der Waals surface area (Å²) in [6.07, 6.45) is -2.24. The number of nitrogens with zero attached hydrogens (tertiary/aromatic N) is 2. The maximum atomic E-state index is 12.5. The summed E-state index contributed by atoms with van der Waals surface area (Å²) in [5.41, 5.74) is 0. The molecule has 0 aromatic heterocycles. The monoisotopic (exact) mass is 226 g/mol. The zero-order valence-electron chi connectivity index (χ0n) is 8.16. The van der Waals surface area contributed by atoms with Gasteiger partial charge in [-0.3, -0.25) is 15.0 Å². The van der Waals surface area contributed by atoms with E-state index in [-0.39, 0.29) is 0 Å². The van der Waals surface area contributed by atoms with Crippen LogP contribution in [0.25, 0.3) is 0 Å². The van der Waals surface area contributed by atoms with Crippen molar-refractivity contribution in [3.63, 3.8) is 0 Å². The van der Waals surface area contributed by atoms with Crippen molar-refractivity contribution in [2.45, 2.75) is 31.5 Å². The standard InChI is InChI=1S/C8H13F3N2O2/c9-8(10,11)7(6-13(14)15)12-4-2-1-3-5-12/h7H,1-6H2. The summed E-state index contributed by atoms with van der Waals surface area (Å²) in [6, 6.07) is -1.92. The molecule has 15 heavy (non-hydrogen) atoms. The highest BCUT2D eigenvalue weighted by Gasteiger charge is 2.47. The molecule has 1 unspecified atom stereocenters. The van der Waals surface area contributed by atoms with Gasteiger partial charge in [-0.05, 0) is 25.9 Å². The Bertz CT molecular complexity index is 226. The Labute approximate surface area is 85.2 Å². The van der Waals surface area contributed by atoms with Crippen LogP contribution in [-0.2, 0) is 0 Å². The normalized spacial score (nSPS) is 21.3. The van der Waals surface area contributed by atoms with E-state index in [1.807, 2.05) is 0 Å². The van der Waals surface area contributed by atoms with Crippen molar-refractivity contribution in [3.8, 4) is 0 Å². The minimum absolute atomic E-state index is 0.304. The molecular weight excluding hydrogens is 213 g/mol. The molecule has 1 rings (SSSR count). The lowest BCUT2D eigenvalue weighted by Gasteiger charge is -2.33. The summed E-state index contributed by atoms with van der Waals surface area (Å²) in [6.45, 7) is -0.445. The molecule has 0 aliphatic carbocycles. The fourth-order valence-electron chi connectivity index (χ4n) is 1.80. The molecular formula is C8H13F3N2O2. The maximum Gasteiger partial charge on any atom is 0.410 e. The first-order chi connectivity index (χ1) is 6.91. The lowest BCUT2D eigenvalue weighted by atomic mass is 10.1. The topological polar surface area (TPSA) is 46.4 Å². The molecule has 0 saturated carbocycles. The van der Waals surface area contributed by atoms with Gasteiger partial charge in [0.05, 0.1) is 0 Å². The zero-order valence-corrected chi connectivity index (χ0v) is 8.16. The van der Waals surface area contributed by atoms with E-state index in [4.69, 9.17) is 0 Å². The molecule has 0 amide bonds. The van der Waals surface area contributed by atoms with Gasteiger partial charge in [0.2, 0.25) is 6.54 Å². The number of likely N-dealkylation sites (tertiary alicyclic amines) is 1. The lowest BCUT2D eigenvalue weighted by molar-refractivity contribution is -0.495. The number of halogens is 3.